The van der Waals surface area contributed by atoms with Crippen LogP contribution in [0.25, 0.3) is 11.3 Å². The van der Waals surface area contributed by atoms with Crippen molar-refractivity contribution in [1.29, 1.82) is 0 Å². The number of halogens is 2. The van der Waals surface area contributed by atoms with Crippen molar-refractivity contribution in [3.8, 4) is 11.3 Å². The molecule has 0 fully saturated rings. The monoisotopic (exact) mass is 345 g/mol. The van der Waals surface area contributed by atoms with E-state index in [-0.39, 0.29) is 0 Å². The zero-order chi connectivity index (χ0) is 13.1. The zero-order valence-corrected chi connectivity index (χ0v) is 12.6. The van der Waals surface area contributed by atoms with Crippen LogP contribution in [0.5, 0.6) is 0 Å². The summed E-state index contributed by atoms with van der Waals surface area (Å²) < 4.78 is 5.80. The molecule has 3 nitrogen and oxygen atoms in total. The van der Waals surface area contributed by atoms with Crippen LogP contribution in [0, 0.1) is 0 Å². The molecule has 0 spiro atoms. The SMILES string of the molecule is CCOC(=O)c1nc(-c2ccc(Br)cc2Cl)cs1. The van der Waals surface area contributed by atoms with Gasteiger partial charge in [0, 0.05) is 15.4 Å². The predicted molar refractivity (Wildman–Crippen MR) is 76.2 cm³/mol. The summed E-state index contributed by atoms with van der Waals surface area (Å²) >= 11 is 10.7. The van der Waals surface area contributed by atoms with E-state index in [1.807, 2.05) is 12.1 Å². The molecule has 1 aromatic heterocycles. The molecule has 0 bridgehead atoms. The molecular formula is C12H9BrClNO2S. The first-order valence-corrected chi connectivity index (χ1v) is 7.25. The molecule has 0 aliphatic heterocycles. The largest absolute Gasteiger partial charge is 0.461 e. The van der Waals surface area contributed by atoms with Gasteiger partial charge in [-0.1, -0.05) is 33.6 Å². The van der Waals surface area contributed by atoms with E-state index < -0.39 is 5.97 Å². The van der Waals surface area contributed by atoms with E-state index in [0.29, 0.717) is 22.3 Å². The Labute approximate surface area is 122 Å². The first-order chi connectivity index (χ1) is 8.61. The second kappa shape index (κ2) is 5.82. The molecular weight excluding hydrogens is 338 g/mol. The van der Waals surface area contributed by atoms with Crippen LogP contribution in [0.3, 0.4) is 0 Å². The first kappa shape index (κ1) is 13.5. The number of hydrogen-bond acceptors (Lipinski definition) is 4. The Morgan fingerprint density at radius 3 is 3.00 bits per heavy atom. The summed E-state index contributed by atoms with van der Waals surface area (Å²) in [5.74, 6) is -0.401. The molecule has 18 heavy (non-hydrogen) atoms. The van der Waals surface area contributed by atoms with Crippen LogP contribution >= 0.6 is 38.9 Å². The Hall–Kier alpha value is -0.910. The molecule has 0 aliphatic rings. The number of benzene rings is 1. The number of nitrogens with zero attached hydrogens (tertiary/aromatic N) is 1. The standard InChI is InChI=1S/C12H9BrClNO2S/c1-2-17-12(16)11-15-10(6-18-11)8-4-3-7(13)5-9(8)14/h3-6H,2H2,1H3. The molecule has 1 heterocycles. The summed E-state index contributed by atoms with van der Waals surface area (Å²) in [5, 5.41) is 2.72. The number of aromatic nitrogens is 1. The van der Waals surface area contributed by atoms with E-state index in [9.17, 15) is 4.79 Å². The van der Waals surface area contributed by atoms with Crippen LogP contribution in [-0.4, -0.2) is 17.6 Å². The Balaban J connectivity index is 2.32. The van der Waals surface area contributed by atoms with Crippen molar-refractivity contribution < 1.29 is 9.53 Å². The van der Waals surface area contributed by atoms with Gasteiger partial charge in [-0.3, -0.25) is 0 Å². The van der Waals surface area contributed by atoms with E-state index in [4.69, 9.17) is 16.3 Å². The second-order valence-corrected chi connectivity index (χ2v) is 5.56. The average Bonchev–Trinajstić information content (AvgIpc) is 2.78. The molecule has 0 amide bonds. The Morgan fingerprint density at radius 2 is 2.33 bits per heavy atom. The summed E-state index contributed by atoms with van der Waals surface area (Å²) in [6.45, 7) is 2.10. The predicted octanol–water partition coefficient (Wildman–Crippen LogP) is 4.40. The fourth-order valence-corrected chi connectivity index (χ4v) is 2.86. The fraction of sp³-hybridized carbons (Fsp3) is 0.167. The van der Waals surface area contributed by atoms with Gasteiger partial charge in [0.25, 0.3) is 0 Å². The number of hydrogen-bond donors (Lipinski definition) is 0. The van der Waals surface area contributed by atoms with Crippen molar-refractivity contribution in [1.82, 2.24) is 4.98 Å². The smallest absolute Gasteiger partial charge is 0.367 e. The van der Waals surface area contributed by atoms with Gasteiger partial charge in [-0.15, -0.1) is 11.3 Å². The number of thiazole rings is 1. The molecule has 0 N–H and O–H groups in total. The summed E-state index contributed by atoms with van der Waals surface area (Å²) in [7, 11) is 0. The maximum Gasteiger partial charge on any atom is 0.367 e. The lowest BCUT2D eigenvalue weighted by molar-refractivity contribution is 0.0526. The highest BCUT2D eigenvalue weighted by molar-refractivity contribution is 9.10. The Kier molecular flexibility index (Phi) is 4.37. The van der Waals surface area contributed by atoms with Gasteiger partial charge in [0.05, 0.1) is 17.3 Å². The molecule has 0 aliphatic carbocycles. The van der Waals surface area contributed by atoms with Crippen molar-refractivity contribution in [2.24, 2.45) is 0 Å². The molecule has 0 saturated carbocycles. The van der Waals surface area contributed by atoms with Gasteiger partial charge in [-0.2, -0.15) is 0 Å². The van der Waals surface area contributed by atoms with Gasteiger partial charge in [0.2, 0.25) is 5.01 Å². The van der Waals surface area contributed by atoms with Gasteiger partial charge in [0.15, 0.2) is 0 Å². The Morgan fingerprint density at radius 1 is 1.56 bits per heavy atom. The first-order valence-electron chi connectivity index (χ1n) is 5.20. The summed E-state index contributed by atoms with van der Waals surface area (Å²) in [5.41, 5.74) is 1.48. The minimum Gasteiger partial charge on any atom is -0.461 e. The quantitative estimate of drug-likeness (QED) is 0.773. The fourth-order valence-electron chi connectivity index (χ4n) is 1.38. The number of carbonyl (C=O) groups is 1. The van der Waals surface area contributed by atoms with E-state index in [2.05, 4.69) is 20.9 Å². The van der Waals surface area contributed by atoms with Gasteiger partial charge >= 0.3 is 5.97 Å². The number of ether oxygens (including phenoxy) is 1. The van der Waals surface area contributed by atoms with E-state index >= 15 is 0 Å². The van der Waals surface area contributed by atoms with Crippen LogP contribution in [0.1, 0.15) is 16.7 Å². The van der Waals surface area contributed by atoms with Crippen molar-refractivity contribution in [2.45, 2.75) is 6.92 Å². The third-order valence-corrected chi connectivity index (χ3v) is 3.79. The van der Waals surface area contributed by atoms with Crippen LogP contribution in [-0.2, 0) is 4.74 Å². The molecule has 0 atom stereocenters. The molecule has 0 saturated heterocycles. The number of esters is 1. The topological polar surface area (TPSA) is 39.2 Å². The van der Waals surface area contributed by atoms with E-state index in [1.165, 1.54) is 11.3 Å². The van der Waals surface area contributed by atoms with Crippen molar-refractivity contribution in [3.63, 3.8) is 0 Å². The zero-order valence-electron chi connectivity index (χ0n) is 9.44. The molecule has 94 valence electrons. The van der Waals surface area contributed by atoms with Gasteiger partial charge < -0.3 is 4.74 Å². The molecule has 1 aromatic carbocycles. The highest BCUT2D eigenvalue weighted by atomic mass is 79.9. The minimum atomic E-state index is -0.401. The number of carbonyl (C=O) groups excluding carboxylic acids is 1. The van der Waals surface area contributed by atoms with Crippen molar-refractivity contribution in [2.75, 3.05) is 6.61 Å². The van der Waals surface area contributed by atoms with Gasteiger partial charge in [0.1, 0.15) is 0 Å². The highest BCUT2D eigenvalue weighted by Crippen LogP contribution is 2.31. The lowest BCUT2D eigenvalue weighted by Gasteiger charge is -2.01. The van der Waals surface area contributed by atoms with E-state index in [0.717, 1.165) is 10.0 Å². The maximum absolute atomic E-state index is 11.5. The maximum atomic E-state index is 11.5. The molecule has 2 rings (SSSR count). The van der Waals surface area contributed by atoms with Gasteiger partial charge in [-0.25, -0.2) is 9.78 Å². The summed E-state index contributed by atoms with van der Waals surface area (Å²) in [6, 6.07) is 5.53. The summed E-state index contributed by atoms with van der Waals surface area (Å²) in [6.07, 6.45) is 0. The normalized spacial score (nSPS) is 10.4. The van der Waals surface area contributed by atoms with Crippen LogP contribution in [0.15, 0.2) is 28.1 Å². The molecule has 6 heteroatoms. The molecule has 0 unspecified atom stereocenters. The number of rotatable bonds is 3. The van der Waals surface area contributed by atoms with Crippen LogP contribution in [0.4, 0.5) is 0 Å². The lowest BCUT2D eigenvalue weighted by atomic mass is 10.2. The van der Waals surface area contributed by atoms with Crippen molar-refractivity contribution >= 4 is 44.8 Å². The molecule has 0 radical (unpaired) electrons. The van der Waals surface area contributed by atoms with Crippen LogP contribution < -0.4 is 0 Å². The molecule has 2 aromatic rings. The second-order valence-electron chi connectivity index (χ2n) is 3.38. The lowest BCUT2D eigenvalue weighted by Crippen LogP contribution is -2.03. The third kappa shape index (κ3) is 2.91. The van der Waals surface area contributed by atoms with E-state index in [1.54, 1.807) is 18.4 Å². The summed E-state index contributed by atoms with van der Waals surface area (Å²) in [4.78, 5) is 15.7. The minimum absolute atomic E-state index is 0.339. The Bertz CT molecular complexity index is 585. The highest BCUT2D eigenvalue weighted by Gasteiger charge is 2.14. The third-order valence-electron chi connectivity index (χ3n) is 2.16. The average molecular weight is 347 g/mol. The van der Waals surface area contributed by atoms with Crippen LogP contribution in [0.2, 0.25) is 5.02 Å². The van der Waals surface area contributed by atoms with Crippen molar-refractivity contribution in [3.05, 3.63) is 38.1 Å². The van der Waals surface area contributed by atoms with Gasteiger partial charge in [-0.05, 0) is 19.1 Å².